The van der Waals surface area contributed by atoms with Crippen molar-refractivity contribution >= 4 is 73.3 Å². The number of rotatable bonds is 7. The fourth-order valence-electron chi connectivity index (χ4n) is 14.9. The van der Waals surface area contributed by atoms with Gasteiger partial charge in [0.25, 0.3) is 6.71 Å². The van der Waals surface area contributed by atoms with Gasteiger partial charge >= 0.3 is 0 Å². The normalized spacial score (nSPS) is 20.2. The predicted molar refractivity (Wildman–Crippen MR) is 306 cm³/mol. The molecule has 4 fully saturated rings. The van der Waals surface area contributed by atoms with Crippen molar-refractivity contribution < 1.29 is 4.74 Å². The van der Waals surface area contributed by atoms with Gasteiger partial charge in [0.2, 0.25) is 0 Å². The van der Waals surface area contributed by atoms with Gasteiger partial charge in [-0.15, -0.1) is 0 Å². The van der Waals surface area contributed by atoms with Crippen molar-refractivity contribution in [3.8, 4) is 39.4 Å². The topological polar surface area (TPSA) is 20.6 Å². The zero-order valence-electron chi connectivity index (χ0n) is 41.9. The summed E-state index contributed by atoms with van der Waals surface area (Å²) in [6, 6.07) is 77.2. The van der Waals surface area contributed by atoms with Crippen molar-refractivity contribution in [2.75, 3.05) is 9.80 Å². The van der Waals surface area contributed by atoms with Gasteiger partial charge in [0.05, 0.1) is 16.7 Å². The number of ether oxygens (including phenoxy) is 1. The van der Waals surface area contributed by atoms with Crippen molar-refractivity contribution in [1.82, 2.24) is 4.57 Å². The number of hydrogen-bond donors (Lipinski definition) is 0. The van der Waals surface area contributed by atoms with Gasteiger partial charge in [-0.2, -0.15) is 0 Å². The molecule has 0 unspecified atom stereocenters. The van der Waals surface area contributed by atoms with E-state index in [1.165, 1.54) is 105 Å². The van der Waals surface area contributed by atoms with Crippen LogP contribution in [0, 0.1) is 17.8 Å². The molecule has 6 aliphatic rings. The lowest BCUT2D eigenvalue weighted by Crippen LogP contribution is -2.66. The number of fused-ring (bicyclic) bond motifs is 7. The number of nitrogens with zero attached hydrogens (tertiary/aromatic N) is 3. The summed E-state index contributed by atoms with van der Waals surface area (Å²) in [5.41, 5.74) is 19.4. The standard InChI is InChI=1S/C68H58BN3O/c1-67(2,3)51-30-27-48(28-31-51)50-37-62-65-64(38-50)73-66-58(69(65)57-36-49(47-17-7-4-8-18-47)29-32-61(57)72(62)68-41-44-33-45(42-68)35-46(34-44)43-68)39-54(70(52-19-9-5-10-20-52)53-21-11-6-12-22-53)40-63(66)71-59-25-15-13-23-55(59)56-24-14-16-26-60(56)71/h4-32,36-40,44-46H,33-35,41-43H2,1-3H3. The minimum atomic E-state index is -0.130. The van der Waals surface area contributed by atoms with Crippen LogP contribution in [0.25, 0.3) is 49.7 Å². The van der Waals surface area contributed by atoms with Crippen molar-refractivity contribution in [2.45, 2.75) is 70.3 Å². The van der Waals surface area contributed by atoms with Gasteiger partial charge in [0, 0.05) is 44.7 Å². The zero-order valence-corrected chi connectivity index (χ0v) is 41.9. The average molecular weight is 944 g/mol. The van der Waals surface area contributed by atoms with Crippen molar-refractivity contribution in [3.05, 3.63) is 212 Å². The van der Waals surface area contributed by atoms with Crippen molar-refractivity contribution in [2.24, 2.45) is 17.8 Å². The van der Waals surface area contributed by atoms with Crippen LogP contribution in [0.4, 0.5) is 28.4 Å². The average Bonchev–Trinajstić information content (AvgIpc) is 3.79. The molecule has 2 aliphatic heterocycles. The lowest BCUT2D eigenvalue weighted by molar-refractivity contribution is 0.000631. The summed E-state index contributed by atoms with van der Waals surface area (Å²) >= 11 is 0. The first-order valence-electron chi connectivity index (χ1n) is 26.8. The lowest BCUT2D eigenvalue weighted by atomic mass is 9.33. The predicted octanol–water partition coefficient (Wildman–Crippen LogP) is 15.9. The molecular weight excluding hydrogens is 886 g/mol. The van der Waals surface area contributed by atoms with E-state index in [4.69, 9.17) is 4.74 Å². The molecule has 9 aromatic carbocycles. The third-order valence-corrected chi connectivity index (χ3v) is 17.6. The minimum absolute atomic E-state index is 0.0267. The maximum atomic E-state index is 7.89. The van der Waals surface area contributed by atoms with E-state index in [2.05, 4.69) is 241 Å². The molecular formula is C68H58BN3O. The van der Waals surface area contributed by atoms with E-state index in [-0.39, 0.29) is 17.7 Å². The maximum Gasteiger partial charge on any atom is 0.256 e. The number of anilines is 5. The van der Waals surface area contributed by atoms with Crippen LogP contribution in [0.1, 0.15) is 64.9 Å². The molecule has 73 heavy (non-hydrogen) atoms. The number of benzene rings is 9. The molecule has 0 radical (unpaired) electrons. The summed E-state index contributed by atoms with van der Waals surface area (Å²) in [6.45, 7) is 6.79. The van der Waals surface area contributed by atoms with Gasteiger partial charge in [-0.25, -0.2) is 0 Å². The minimum Gasteiger partial charge on any atom is -0.456 e. The Morgan fingerprint density at radius 1 is 0.479 bits per heavy atom. The van der Waals surface area contributed by atoms with Gasteiger partial charge in [-0.1, -0.05) is 160 Å². The number of aromatic nitrogens is 1. The summed E-state index contributed by atoms with van der Waals surface area (Å²) in [4.78, 5) is 5.35. The second-order valence-corrected chi connectivity index (χ2v) is 23.1. The Bertz CT molecular complexity index is 3670. The maximum absolute atomic E-state index is 7.89. The van der Waals surface area contributed by atoms with Crippen LogP contribution in [0.15, 0.2) is 206 Å². The molecule has 0 amide bonds. The van der Waals surface area contributed by atoms with E-state index in [9.17, 15) is 0 Å². The first-order chi connectivity index (χ1) is 35.7. The molecule has 5 heteroatoms. The highest BCUT2D eigenvalue weighted by Crippen LogP contribution is 2.61. The largest absolute Gasteiger partial charge is 0.456 e. The third-order valence-electron chi connectivity index (χ3n) is 17.6. The van der Waals surface area contributed by atoms with Crippen LogP contribution in [-0.4, -0.2) is 16.8 Å². The van der Waals surface area contributed by atoms with Gasteiger partial charge in [-0.05, 0) is 173 Å². The lowest BCUT2D eigenvalue weighted by Gasteiger charge is -2.62. The molecule has 0 saturated heterocycles. The Labute approximate surface area is 429 Å². The van der Waals surface area contributed by atoms with Crippen LogP contribution >= 0.6 is 0 Å². The van der Waals surface area contributed by atoms with Crippen LogP contribution in [0.2, 0.25) is 0 Å². The second-order valence-electron chi connectivity index (χ2n) is 23.1. The van der Waals surface area contributed by atoms with Crippen LogP contribution in [-0.2, 0) is 5.41 Å². The Hall–Kier alpha value is -7.76. The molecule has 4 saturated carbocycles. The van der Waals surface area contributed by atoms with Crippen molar-refractivity contribution in [1.29, 1.82) is 0 Å². The molecule has 1 aromatic heterocycles. The third kappa shape index (κ3) is 6.73. The summed E-state index contributed by atoms with van der Waals surface area (Å²) in [7, 11) is 0. The van der Waals surface area contributed by atoms with Crippen molar-refractivity contribution in [3.63, 3.8) is 0 Å². The fourth-order valence-corrected chi connectivity index (χ4v) is 14.9. The summed E-state index contributed by atoms with van der Waals surface area (Å²) in [5.74, 6) is 4.17. The first kappa shape index (κ1) is 42.9. The molecule has 4 aliphatic carbocycles. The smallest absolute Gasteiger partial charge is 0.256 e. The molecule has 354 valence electrons. The molecule has 4 nitrogen and oxygen atoms in total. The second kappa shape index (κ2) is 16.1. The number of hydrogen-bond acceptors (Lipinski definition) is 3. The van der Waals surface area contributed by atoms with Crippen LogP contribution in [0.3, 0.4) is 0 Å². The van der Waals surface area contributed by atoms with E-state index in [1.54, 1.807) is 0 Å². The van der Waals surface area contributed by atoms with Crippen LogP contribution < -0.4 is 30.9 Å². The molecule has 16 rings (SSSR count). The molecule has 3 heterocycles. The molecule has 0 atom stereocenters. The highest BCUT2D eigenvalue weighted by molar-refractivity contribution is 6.99. The van der Waals surface area contributed by atoms with Gasteiger partial charge in [0.15, 0.2) is 0 Å². The Morgan fingerprint density at radius 3 is 1.63 bits per heavy atom. The Morgan fingerprint density at radius 2 is 1.03 bits per heavy atom. The van der Waals surface area contributed by atoms with E-state index in [0.717, 1.165) is 63.0 Å². The number of para-hydroxylation sites is 4. The summed E-state index contributed by atoms with van der Waals surface area (Å²) < 4.78 is 10.4. The van der Waals surface area contributed by atoms with E-state index in [0.29, 0.717) is 0 Å². The quantitative estimate of drug-likeness (QED) is 0.149. The van der Waals surface area contributed by atoms with Crippen LogP contribution in [0.5, 0.6) is 11.5 Å². The molecule has 10 aromatic rings. The molecule has 0 spiro atoms. The molecule has 4 bridgehead atoms. The Balaban J connectivity index is 1.06. The highest BCUT2D eigenvalue weighted by atomic mass is 16.5. The zero-order chi connectivity index (χ0) is 48.6. The van der Waals surface area contributed by atoms with E-state index >= 15 is 0 Å². The first-order valence-corrected chi connectivity index (χ1v) is 26.8. The molecule has 0 N–H and O–H groups in total. The SMILES string of the molecule is CC(C)(C)c1ccc(-c2cc3c4c(c2)N(C25CC6CC(CC(C6)C2)C5)c2ccc(-c5ccccc5)cc2B4c2cc(N(c4ccccc4)c4ccccc4)cc(-n4c5ccccc5c5ccccc54)c2O3)cc1. The Kier molecular flexibility index (Phi) is 9.47. The van der Waals surface area contributed by atoms with Gasteiger partial charge in [-0.3, -0.25) is 0 Å². The summed E-state index contributed by atoms with van der Waals surface area (Å²) in [6.07, 6.45) is 7.89. The van der Waals surface area contributed by atoms with Gasteiger partial charge in [0.1, 0.15) is 11.5 Å². The highest BCUT2D eigenvalue weighted by Gasteiger charge is 2.57. The van der Waals surface area contributed by atoms with E-state index < -0.39 is 0 Å². The summed E-state index contributed by atoms with van der Waals surface area (Å²) in [5, 5.41) is 2.45. The fraction of sp³-hybridized carbons (Fsp3) is 0.206. The monoisotopic (exact) mass is 943 g/mol. The van der Waals surface area contributed by atoms with Gasteiger partial charge < -0.3 is 19.1 Å². The van der Waals surface area contributed by atoms with E-state index in [1.807, 2.05) is 0 Å².